The molecule has 116 valence electrons. The second-order valence-corrected chi connectivity index (χ2v) is 7.35. The van der Waals surface area contributed by atoms with Gasteiger partial charge in [0.25, 0.3) is 0 Å². The number of methoxy groups -OCH3 is 1. The molecule has 0 aliphatic carbocycles. The third kappa shape index (κ3) is 3.43. The van der Waals surface area contributed by atoms with E-state index in [1.165, 1.54) is 44.5 Å². The molecule has 4 heteroatoms. The number of nitrogens with zero attached hydrogens (tertiary/aromatic N) is 2. The maximum absolute atomic E-state index is 5.51. The summed E-state index contributed by atoms with van der Waals surface area (Å²) in [4.78, 5) is 5.18. The van der Waals surface area contributed by atoms with E-state index >= 15 is 0 Å². The van der Waals surface area contributed by atoms with Crippen molar-refractivity contribution in [3.63, 3.8) is 0 Å². The van der Waals surface area contributed by atoms with Crippen LogP contribution in [0.15, 0.2) is 22.7 Å². The highest BCUT2D eigenvalue weighted by Gasteiger charge is 2.34. The summed E-state index contributed by atoms with van der Waals surface area (Å²) in [6, 6.07) is 7.10. The number of hydrogen-bond acceptors (Lipinski definition) is 3. The minimum absolute atomic E-state index is 0.805. The minimum atomic E-state index is 0.805. The first-order chi connectivity index (χ1) is 10.2. The van der Waals surface area contributed by atoms with Gasteiger partial charge in [-0.25, -0.2) is 0 Å². The summed E-state index contributed by atoms with van der Waals surface area (Å²) in [5.41, 5.74) is 1.29. The smallest absolute Gasteiger partial charge is 0.123 e. The van der Waals surface area contributed by atoms with Gasteiger partial charge in [-0.3, -0.25) is 4.90 Å². The molecule has 2 unspecified atom stereocenters. The van der Waals surface area contributed by atoms with Crippen LogP contribution in [0, 0.1) is 5.92 Å². The predicted octanol–water partition coefficient (Wildman–Crippen LogP) is 3.37. The van der Waals surface area contributed by atoms with Crippen molar-refractivity contribution in [2.75, 3.05) is 33.8 Å². The third-order valence-corrected chi connectivity index (χ3v) is 5.56. The molecule has 0 N–H and O–H groups in total. The van der Waals surface area contributed by atoms with Gasteiger partial charge in [-0.05, 0) is 63.5 Å². The predicted molar refractivity (Wildman–Crippen MR) is 89.7 cm³/mol. The zero-order valence-electron chi connectivity index (χ0n) is 13.0. The molecular weight excluding hydrogens is 328 g/mol. The Morgan fingerprint density at radius 3 is 2.95 bits per heavy atom. The highest BCUT2D eigenvalue weighted by molar-refractivity contribution is 9.10. The van der Waals surface area contributed by atoms with Gasteiger partial charge in [0.1, 0.15) is 5.75 Å². The van der Waals surface area contributed by atoms with Gasteiger partial charge < -0.3 is 9.64 Å². The molecule has 0 saturated carbocycles. The van der Waals surface area contributed by atoms with Gasteiger partial charge in [-0.1, -0.05) is 15.9 Å². The summed E-state index contributed by atoms with van der Waals surface area (Å²) in [5, 5.41) is 0. The van der Waals surface area contributed by atoms with Gasteiger partial charge in [0.05, 0.1) is 7.11 Å². The van der Waals surface area contributed by atoms with Crippen molar-refractivity contribution >= 4 is 15.9 Å². The van der Waals surface area contributed by atoms with E-state index in [0.29, 0.717) is 0 Å². The Bertz CT molecular complexity index is 494. The Balaban J connectivity index is 1.68. The molecule has 0 radical (unpaired) electrons. The Hall–Kier alpha value is -0.580. The first-order valence-corrected chi connectivity index (χ1v) is 8.71. The van der Waals surface area contributed by atoms with Crippen LogP contribution in [0.2, 0.25) is 0 Å². The van der Waals surface area contributed by atoms with E-state index in [1.807, 2.05) is 6.07 Å². The van der Waals surface area contributed by atoms with Gasteiger partial charge in [-0.15, -0.1) is 0 Å². The lowest BCUT2D eigenvalue weighted by Crippen LogP contribution is -2.52. The molecule has 0 amide bonds. The monoisotopic (exact) mass is 352 g/mol. The van der Waals surface area contributed by atoms with Gasteiger partial charge in [0.2, 0.25) is 0 Å². The van der Waals surface area contributed by atoms with Crippen LogP contribution in [0.4, 0.5) is 0 Å². The van der Waals surface area contributed by atoms with Crippen molar-refractivity contribution in [2.45, 2.75) is 31.8 Å². The van der Waals surface area contributed by atoms with Crippen LogP contribution in [0.1, 0.15) is 24.8 Å². The molecule has 3 rings (SSSR count). The number of rotatable bonds is 3. The molecule has 2 saturated heterocycles. The molecule has 0 bridgehead atoms. The summed E-state index contributed by atoms with van der Waals surface area (Å²) in [6.07, 6.45) is 4.05. The fourth-order valence-electron chi connectivity index (χ4n) is 3.98. The lowest BCUT2D eigenvalue weighted by molar-refractivity contribution is 0.0352. The molecular formula is C17H25BrN2O. The van der Waals surface area contributed by atoms with Crippen molar-refractivity contribution in [1.29, 1.82) is 0 Å². The van der Waals surface area contributed by atoms with Crippen molar-refractivity contribution < 1.29 is 4.74 Å². The van der Waals surface area contributed by atoms with E-state index in [-0.39, 0.29) is 0 Å². The SMILES string of the molecule is COc1ccc(Br)cc1CN1CCC2C(CCCN2C)C1. The third-order valence-electron chi connectivity index (χ3n) is 5.07. The van der Waals surface area contributed by atoms with E-state index in [4.69, 9.17) is 4.74 Å². The zero-order valence-corrected chi connectivity index (χ0v) is 14.6. The summed E-state index contributed by atoms with van der Waals surface area (Å²) < 4.78 is 6.64. The number of likely N-dealkylation sites (tertiary alicyclic amines) is 2. The van der Waals surface area contributed by atoms with E-state index < -0.39 is 0 Å². The van der Waals surface area contributed by atoms with Crippen LogP contribution >= 0.6 is 15.9 Å². The summed E-state index contributed by atoms with van der Waals surface area (Å²) >= 11 is 3.57. The Kier molecular flexibility index (Phi) is 4.87. The second-order valence-electron chi connectivity index (χ2n) is 6.43. The van der Waals surface area contributed by atoms with E-state index in [1.54, 1.807) is 7.11 Å². The molecule has 2 heterocycles. The van der Waals surface area contributed by atoms with E-state index in [9.17, 15) is 0 Å². The maximum Gasteiger partial charge on any atom is 0.123 e. The molecule has 2 aliphatic heterocycles. The molecule has 3 nitrogen and oxygen atoms in total. The van der Waals surface area contributed by atoms with Crippen LogP contribution in [0.5, 0.6) is 5.75 Å². The molecule has 1 aromatic rings. The molecule has 0 aromatic heterocycles. The standard InChI is InChI=1S/C17H25BrN2O/c1-19-8-3-4-13-11-20(9-7-16(13)19)12-14-10-15(18)5-6-17(14)21-2/h5-6,10,13,16H,3-4,7-9,11-12H2,1-2H3. The Morgan fingerprint density at radius 2 is 2.14 bits per heavy atom. The molecule has 2 fully saturated rings. The summed E-state index contributed by atoms with van der Waals surface area (Å²) in [5.74, 6) is 1.84. The Morgan fingerprint density at radius 1 is 1.29 bits per heavy atom. The number of halogens is 1. The minimum Gasteiger partial charge on any atom is -0.496 e. The molecule has 0 spiro atoms. The van der Waals surface area contributed by atoms with Crippen molar-refractivity contribution in [1.82, 2.24) is 9.80 Å². The first-order valence-electron chi connectivity index (χ1n) is 7.92. The normalized spacial score (nSPS) is 27.4. The van der Waals surface area contributed by atoms with Crippen molar-refractivity contribution in [3.05, 3.63) is 28.2 Å². The van der Waals surface area contributed by atoms with Gasteiger partial charge >= 0.3 is 0 Å². The van der Waals surface area contributed by atoms with Crippen LogP contribution in [-0.2, 0) is 6.54 Å². The Labute approximate surface area is 136 Å². The molecule has 1 aromatic carbocycles. The highest BCUT2D eigenvalue weighted by Crippen LogP contribution is 2.31. The zero-order chi connectivity index (χ0) is 14.8. The van der Waals surface area contributed by atoms with Crippen LogP contribution in [0.3, 0.4) is 0 Å². The van der Waals surface area contributed by atoms with E-state index in [0.717, 1.165) is 28.7 Å². The largest absolute Gasteiger partial charge is 0.496 e. The number of piperidine rings is 2. The van der Waals surface area contributed by atoms with Crippen molar-refractivity contribution in [2.24, 2.45) is 5.92 Å². The topological polar surface area (TPSA) is 15.7 Å². The van der Waals surface area contributed by atoms with Gasteiger partial charge in [0, 0.05) is 29.2 Å². The lowest BCUT2D eigenvalue weighted by Gasteiger charge is -2.46. The van der Waals surface area contributed by atoms with Crippen LogP contribution in [0.25, 0.3) is 0 Å². The van der Waals surface area contributed by atoms with Gasteiger partial charge in [-0.2, -0.15) is 0 Å². The fourth-order valence-corrected chi connectivity index (χ4v) is 4.39. The van der Waals surface area contributed by atoms with Crippen molar-refractivity contribution in [3.8, 4) is 5.75 Å². The van der Waals surface area contributed by atoms with Gasteiger partial charge in [0.15, 0.2) is 0 Å². The summed E-state index contributed by atoms with van der Waals surface area (Å²) in [7, 11) is 4.05. The van der Waals surface area contributed by atoms with Crippen LogP contribution in [-0.4, -0.2) is 49.6 Å². The van der Waals surface area contributed by atoms with E-state index in [2.05, 4.69) is 44.9 Å². The maximum atomic E-state index is 5.51. The lowest BCUT2D eigenvalue weighted by atomic mass is 9.84. The number of hydrogen-bond donors (Lipinski definition) is 0. The molecule has 2 atom stereocenters. The highest BCUT2D eigenvalue weighted by atomic mass is 79.9. The molecule has 21 heavy (non-hydrogen) atoms. The summed E-state index contributed by atoms with van der Waals surface area (Å²) in [6.45, 7) is 4.70. The number of benzene rings is 1. The number of fused-ring (bicyclic) bond motifs is 1. The second kappa shape index (κ2) is 6.67. The molecule has 2 aliphatic rings. The average Bonchev–Trinajstić information content (AvgIpc) is 2.48. The fraction of sp³-hybridized carbons (Fsp3) is 0.647. The average molecular weight is 353 g/mol. The number of ether oxygens (including phenoxy) is 1. The first kappa shape index (κ1) is 15.3. The van der Waals surface area contributed by atoms with Crippen LogP contribution < -0.4 is 4.74 Å². The quantitative estimate of drug-likeness (QED) is 0.829.